The molecule has 0 atom stereocenters. The third-order valence-corrected chi connectivity index (χ3v) is 4.82. The second-order valence-corrected chi connectivity index (χ2v) is 8.09. The van der Waals surface area contributed by atoms with Gasteiger partial charge >= 0.3 is 5.82 Å². The number of imidazole rings is 1. The van der Waals surface area contributed by atoms with Crippen molar-refractivity contribution in [3.8, 4) is 0 Å². The summed E-state index contributed by atoms with van der Waals surface area (Å²) >= 11 is 0. The number of benzene rings is 2. The van der Waals surface area contributed by atoms with Crippen molar-refractivity contribution in [2.75, 3.05) is 52.1 Å². The van der Waals surface area contributed by atoms with Crippen LogP contribution in [0.5, 0.6) is 0 Å². The fourth-order valence-electron chi connectivity index (χ4n) is 2.92. The average molecular weight is 431 g/mol. The van der Waals surface area contributed by atoms with Gasteiger partial charge in [0, 0.05) is 65.9 Å². The molecule has 0 radical (unpaired) electrons. The molecule has 32 heavy (non-hydrogen) atoms. The summed E-state index contributed by atoms with van der Waals surface area (Å²) in [6, 6.07) is 16.5. The van der Waals surface area contributed by atoms with E-state index in [1.165, 1.54) is 0 Å². The lowest BCUT2D eigenvalue weighted by molar-refractivity contribution is -0.679. The molecule has 0 spiro atoms. The maximum Gasteiger partial charge on any atom is 0.334 e. The van der Waals surface area contributed by atoms with Crippen LogP contribution in [0.3, 0.4) is 0 Å². The summed E-state index contributed by atoms with van der Waals surface area (Å²) in [6.07, 6.45) is 11.4. The monoisotopic (exact) mass is 430 g/mol. The largest absolute Gasteiger partial charge is 0.383 e. The zero-order valence-electron chi connectivity index (χ0n) is 19.7. The van der Waals surface area contributed by atoms with E-state index in [4.69, 9.17) is 0 Å². The molecule has 166 valence electrons. The van der Waals surface area contributed by atoms with Gasteiger partial charge < -0.3 is 14.7 Å². The number of hydrogen-bond acceptors (Lipinski definition) is 5. The second kappa shape index (κ2) is 10.4. The number of hydrogen-bond donors (Lipinski definition) is 0. The van der Waals surface area contributed by atoms with Crippen LogP contribution in [-0.4, -0.2) is 64.3 Å². The molecule has 0 amide bonds. The Balaban J connectivity index is 1.85. The van der Waals surface area contributed by atoms with Gasteiger partial charge in [-0.3, -0.25) is 0 Å². The third-order valence-electron chi connectivity index (χ3n) is 4.82. The van der Waals surface area contributed by atoms with Crippen molar-refractivity contribution in [2.45, 2.75) is 0 Å². The Bertz CT molecular complexity index is 1010. The number of rotatable bonds is 8. The van der Waals surface area contributed by atoms with Crippen molar-refractivity contribution in [1.82, 2.24) is 9.58 Å². The van der Waals surface area contributed by atoms with Crippen LogP contribution >= 0.6 is 0 Å². The van der Waals surface area contributed by atoms with Crippen LogP contribution in [0.25, 0.3) is 6.08 Å². The lowest BCUT2D eigenvalue weighted by Crippen LogP contribution is -2.29. The molecule has 0 N–H and O–H groups in total. The Morgan fingerprint density at radius 3 is 1.78 bits per heavy atom. The molecule has 1 heterocycles. The zero-order chi connectivity index (χ0) is 23.1. The highest BCUT2D eigenvalue weighted by atomic mass is 15.5. The fourth-order valence-corrected chi connectivity index (χ4v) is 2.92. The van der Waals surface area contributed by atoms with E-state index in [-0.39, 0.29) is 0 Å². The standard InChI is InChI=1S/C25H32N7/c1-28(2)16-15-25-31(26-19-21-7-11-23(12-8-21)29(3)4)17-18-32(25)27-20-22-9-13-24(14-10-22)30(5)6/h7-20H,1-6H3/q+1/b26-19-,27-20-. The number of anilines is 2. The first-order valence-electron chi connectivity index (χ1n) is 10.4. The minimum atomic E-state index is 0.834. The van der Waals surface area contributed by atoms with Crippen LogP contribution < -0.4 is 14.5 Å². The second-order valence-electron chi connectivity index (χ2n) is 8.09. The first-order valence-corrected chi connectivity index (χ1v) is 10.4. The quantitative estimate of drug-likeness (QED) is 0.407. The van der Waals surface area contributed by atoms with Crippen molar-refractivity contribution in [3.05, 3.63) is 84.1 Å². The van der Waals surface area contributed by atoms with E-state index in [0.717, 1.165) is 28.3 Å². The van der Waals surface area contributed by atoms with Crippen molar-refractivity contribution < 1.29 is 4.68 Å². The van der Waals surface area contributed by atoms with Crippen molar-refractivity contribution in [1.29, 1.82) is 0 Å². The molecule has 0 saturated heterocycles. The van der Waals surface area contributed by atoms with Crippen LogP contribution in [0.15, 0.2) is 77.3 Å². The van der Waals surface area contributed by atoms with E-state index in [9.17, 15) is 0 Å². The zero-order valence-corrected chi connectivity index (χ0v) is 19.7. The smallest absolute Gasteiger partial charge is 0.334 e. The molecule has 0 unspecified atom stereocenters. The van der Waals surface area contributed by atoms with Gasteiger partial charge in [0.25, 0.3) is 0 Å². The molecule has 0 bridgehead atoms. The summed E-state index contributed by atoms with van der Waals surface area (Å²) in [6.45, 7) is 0. The van der Waals surface area contributed by atoms with Gasteiger partial charge in [-0.15, -0.1) is 0 Å². The fraction of sp³-hybridized carbons (Fsp3) is 0.240. The van der Waals surface area contributed by atoms with Gasteiger partial charge in [0.1, 0.15) is 0 Å². The van der Waals surface area contributed by atoms with Crippen molar-refractivity contribution in [2.24, 2.45) is 10.2 Å². The number of nitrogens with zero attached hydrogens (tertiary/aromatic N) is 7. The van der Waals surface area contributed by atoms with E-state index in [0.29, 0.717) is 0 Å². The van der Waals surface area contributed by atoms with Gasteiger partial charge in [0.15, 0.2) is 12.4 Å². The Morgan fingerprint density at radius 2 is 1.28 bits per heavy atom. The molecular formula is C25H32N7+. The average Bonchev–Trinajstić information content (AvgIpc) is 3.17. The molecule has 0 aliphatic heterocycles. The van der Waals surface area contributed by atoms with Gasteiger partial charge in [-0.05, 0) is 35.4 Å². The molecule has 0 fully saturated rings. The normalized spacial score (nSPS) is 11.7. The van der Waals surface area contributed by atoms with E-state index in [1.807, 2.05) is 93.6 Å². The lowest BCUT2D eigenvalue weighted by atomic mass is 10.2. The Kier molecular flexibility index (Phi) is 7.44. The van der Waals surface area contributed by atoms with Crippen LogP contribution in [-0.2, 0) is 0 Å². The molecule has 1 aromatic heterocycles. The van der Waals surface area contributed by atoms with E-state index >= 15 is 0 Å². The maximum atomic E-state index is 4.64. The molecular weight excluding hydrogens is 398 g/mol. The first-order chi connectivity index (χ1) is 15.3. The summed E-state index contributed by atoms with van der Waals surface area (Å²) in [4.78, 5) is 6.13. The molecule has 3 rings (SSSR count). The van der Waals surface area contributed by atoms with E-state index < -0.39 is 0 Å². The maximum absolute atomic E-state index is 4.64. The SMILES string of the molecule is CN(C)/C=C/c1n(/N=C\c2ccc(N(C)C)cc2)cc[n+]1/N=C\c1ccc(N(C)C)cc1. The predicted molar refractivity (Wildman–Crippen MR) is 135 cm³/mol. The number of aromatic nitrogens is 2. The minimum Gasteiger partial charge on any atom is -0.383 e. The predicted octanol–water partition coefficient (Wildman–Crippen LogP) is 3.20. The Labute approximate surface area is 190 Å². The van der Waals surface area contributed by atoms with Gasteiger partial charge in [-0.2, -0.15) is 0 Å². The first kappa shape index (κ1) is 22.8. The van der Waals surface area contributed by atoms with Gasteiger partial charge in [0.05, 0.1) is 12.4 Å². The molecule has 0 aliphatic carbocycles. The highest BCUT2D eigenvalue weighted by molar-refractivity contribution is 5.80. The molecule has 7 nitrogen and oxygen atoms in total. The molecule has 0 saturated carbocycles. The van der Waals surface area contributed by atoms with Crippen molar-refractivity contribution in [3.63, 3.8) is 0 Å². The molecule has 3 aromatic rings. The van der Waals surface area contributed by atoms with Crippen LogP contribution in [0.2, 0.25) is 0 Å². The Morgan fingerprint density at radius 1 is 0.750 bits per heavy atom. The summed E-state index contributed by atoms with van der Waals surface area (Å²) in [7, 11) is 12.1. The summed E-state index contributed by atoms with van der Waals surface area (Å²) in [5.74, 6) is 0.834. The van der Waals surface area contributed by atoms with Crippen LogP contribution in [0.4, 0.5) is 11.4 Å². The lowest BCUT2D eigenvalue weighted by Gasteiger charge is -2.11. The minimum absolute atomic E-state index is 0.834. The van der Waals surface area contributed by atoms with Gasteiger partial charge in [0.2, 0.25) is 0 Å². The summed E-state index contributed by atoms with van der Waals surface area (Å²) in [5, 5.41) is 9.29. The van der Waals surface area contributed by atoms with Gasteiger partial charge in [-0.1, -0.05) is 43.8 Å². The van der Waals surface area contributed by atoms with Crippen LogP contribution in [0, 0.1) is 0 Å². The van der Waals surface area contributed by atoms with E-state index in [1.54, 1.807) is 0 Å². The summed E-state index contributed by atoms with van der Waals surface area (Å²) < 4.78 is 3.62. The highest BCUT2D eigenvalue weighted by Crippen LogP contribution is 2.12. The highest BCUT2D eigenvalue weighted by Gasteiger charge is 2.14. The molecule has 7 heteroatoms. The van der Waals surface area contributed by atoms with Crippen LogP contribution in [0.1, 0.15) is 17.0 Å². The topological polar surface area (TPSA) is 43.3 Å². The van der Waals surface area contributed by atoms with E-state index in [2.05, 4.69) is 68.5 Å². The van der Waals surface area contributed by atoms with Gasteiger partial charge in [-0.25, -0.2) is 0 Å². The third kappa shape index (κ3) is 6.07. The van der Waals surface area contributed by atoms with Crippen molar-refractivity contribution >= 4 is 29.9 Å². The molecule has 0 aliphatic rings. The summed E-state index contributed by atoms with van der Waals surface area (Å²) in [5.41, 5.74) is 4.37. The molecule has 2 aromatic carbocycles. The Hall–Kier alpha value is -3.87.